The number of rotatable bonds is 5. The Bertz CT molecular complexity index is 1460. The summed E-state index contributed by atoms with van der Waals surface area (Å²) in [6, 6.07) is 9.60. The lowest BCUT2D eigenvalue weighted by atomic mass is 10.1. The first-order valence-corrected chi connectivity index (χ1v) is 10.5. The quantitative estimate of drug-likeness (QED) is 0.448. The largest absolute Gasteiger partial charge is 0.457 e. The monoisotopic (exact) mass is 463 g/mol. The van der Waals surface area contributed by atoms with Crippen LogP contribution >= 0.6 is 0 Å². The van der Waals surface area contributed by atoms with Crippen molar-refractivity contribution in [1.29, 1.82) is 0 Å². The average Bonchev–Trinajstić information content (AvgIpc) is 3.45. The summed E-state index contributed by atoms with van der Waals surface area (Å²) in [4.78, 5) is 22.1. The molecule has 1 atom stereocenters. The second-order valence-corrected chi connectivity index (χ2v) is 7.85. The number of hydrogen-bond donors (Lipinski definition) is 1. The summed E-state index contributed by atoms with van der Waals surface area (Å²) >= 11 is 0. The molecule has 172 valence electrons. The van der Waals surface area contributed by atoms with E-state index in [1.807, 2.05) is 0 Å². The van der Waals surface area contributed by atoms with Crippen LogP contribution in [0.1, 0.15) is 13.8 Å². The molecule has 34 heavy (non-hydrogen) atoms. The van der Waals surface area contributed by atoms with Crippen molar-refractivity contribution in [2.45, 2.75) is 12.5 Å². The standard InChI is InChI=1S/C24H20F2N6O2/c1-2-20(33)31-9-8-15(12-31)32-24-21(23(27)28-13-29-24)22(30-32)18-7-6-17(11-19(18)26)34-16-5-3-4-14(25)10-16/h2-7,10-11,13,15H,1,8-9,12H2,(H2,27,28,29)/t15-/m1/s1/i1D/b2-1+. The fourth-order valence-electron chi connectivity index (χ4n) is 4.10. The highest BCUT2D eigenvalue weighted by Gasteiger charge is 2.30. The Morgan fingerprint density at radius 2 is 2.09 bits per heavy atom. The van der Waals surface area contributed by atoms with Gasteiger partial charge in [0.25, 0.3) is 0 Å². The molecule has 1 amide bonds. The van der Waals surface area contributed by atoms with Gasteiger partial charge in [-0.3, -0.25) is 4.79 Å². The molecular formula is C24H20F2N6O2. The van der Waals surface area contributed by atoms with Gasteiger partial charge in [0.2, 0.25) is 5.91 Å². The number of nitrogens with zero attached hydrogens (tertiary/aromatic N) is 5. The number of fused-ring (bicyclic) bond motifs is 1. The number of hydrogen-bond acceptors (Lipinski definition) is 6. The summed E-state index contributed by atoms with van der Waals surface area (Å²) in [7, 11) is 0. The fourth-order valence-corrected chi connectivity index (χ4v) is 4.10. The molecule has 0 unspecified atom stereocenters. The fraction of sp³-hybridized carbons (Fsp3) is 0.167. The Balaban J connectivity index is 1.51. The maximum absolute atomic E-state index is 15.3. The van der Waals surface area contributed by atoms with Crippen LogP contribution in [0.4, 0.5) is 14.6 Å². The molecule has 0 radical (unpaired) electrons. The molecule has 1 aliphatic heterocycles. The Morgan fingerprint density at radius 1 is 1.24 bits per heavy atom. The number of amides is 1. The summed E-state index contributed by atoms with van der Waals surface area (Å²) in [6.07, 6.45) is 3.12. The van der Waals surface area contributed by atoms with E-state index in [1.54, 1.807) is 21.7 Å². The molecule has 0 aliphatic carbocycles. The van der Waals surface area contributed by atoms with Gasteiger partial charge in [-0.2, -0.15) is 5.10 Å². The number of nitrogens with two attached hydrogens (primary N) is 1. The topological polar surface area (TPSA) is 99.2 Å². The molecule has 1 saturated heterocycles. The minimum atomic E-state index is -0.613. The van der Waals surface area contributed by atoms with Crippen LogP contribution in [-0.2, 0) is 4.79 Å². The molecular weight excluding hydrogens is 442 g/mol. The van der Waals surface area contributed by atoms with E-state index in [-0.39, 0.29) is 40.5 Å². The van der Waals surface area contributed by atoms with Crippen LogP contribution in [0.25, 0.3) is 22.3 Å². The van der Waals surface area contributed by atoms with Gasteiger partial charge in [0.15, 0.2) is 5.65 Å². The molecule has 1 aliphatic rings. The van der Waals surface area contributed by atoms with Crippen molar-refractivity contribution in [3.05, 3.63) is 73.1 Å². The Morgan fingerprint density at radius 3 is 2.88 bits per heavy atom. The zero-order chi connectivity index (χ0) is 24.5. The predicted octanol–water partition coefficient (Wildman–Crippen LogP) is 4.11. The molecule has 0 saturated carbocycles. The number of anilines is 1. The number of halogens is 2. The van der Waals surface area contributed by atoms with Crippen molar-refractivity contribution in [2.75, 3.05) is 18.8 Å². The smallest absolute Gasteiger partial charge is 0.246 e. The number of ether oxygens (including phenoxy) is 1. The van der Waals surface area contributed by atoms with E-state index in [4.69, 9.17) is 11.8 Å². The minimum Gasteiger partial charge on any atom is -0.457 e. The van der Waals surface area contributed by atoms with Gasteiger partial charge in [-0.15, -0.1) is 0 Å². The summed E-state index contributed by atoms with van der Waals surface area (Å²) in [5, 5.41) is 5.04. The molecule has 4 aromatic rings. The number of likely N-dealkylation sites (tertiary alicyclic amines) is 1. The van der Waals surface area contributed by atoms with Gasteiger partial charge in [0.05, 0.1) is 12.8 Å². The highest BCUT2D eigenvalue weighted by atomic mass is 19.1. The van der Waals surface area contributed by atoms with E-state index in [1.165, 1.54) is 42.7 Å². The van der Waals surface area contributed by atoms with Gasteiger partial charge in [-0.05, 0) is 36.8 Å². The molecule has 5 rings (SSSR count). The maximum atomic E-state index is 15.3. The van der Waals surface area contributed by atoms with Gasteiger partial charge in [-0.1, -0.05) is 12.6 Å². The third-order valence-electron chi connectivity index (χ3n) is 5.71. The lowest BCUT2D eigenvalue weighted by Gasteiger charge is -2.14. The second-order valence-electron chi connectivity index (χ2n) is 7.85. The van der Waals surface area contributed by atoms with Gasteiger partial charge < -0.3 is 15.4 Å². The Hall–Kier alpha value is -4.34. The van der Waals surface area contributed by atoms with Crippen molar-refractivity contribution < 1.29 is 19.7 Å². The van der Waals surface area contributed by atoms with Crippen molar-refractivity contribution >= 4 is 22.8 Å². The van der Waals surface area contributed by atoms with Crippen LogP contribution < -0.4 is 10.5 Å². The summed E-state index contributed by atoms with van der Waals surface area (Å²) in [6.45, 7) is 1.81. The summed E-state index contributed by atoms with van der Waals surface area (Å²) in [5.74, 6) is -0.748. The van der Waals surface area contributed by atoms with Crippen LogP contribution in [-0.4, -0.2) is 43.6 Å². The molecule has 2 N–H and O–H groups in total. The molecule has 2 aromatic carbocycles. The lowest BCUT2D eigenvalue weighted by Crippen LogP contribution is -2.27. The lowest BCUT2D eigenvalue weighted by molar-refractivity contribution is -0.125. The number of aromatic nitrogens is 4. The van der Waals surface area contributed by atoms with E-state index >= 15 is 4.39 Å². The van der Waals surface area contributed by atoms with E-state index in [0.717, 1.165) is 6.55 Å². The summed E-state index contributed by atoms with van der Waals surface area (Å²) < 4.78 is 43.0. The highest BCUT2D eigenvalue weighted by molar-refractivity contribution is 5.98. The van der Waals surface area contributed by atoms with Crippen molar-refractivity contribution in [3.8, 4) is 22.8 Å². The molecule has 3 heterocycles. The zero-order valence-electron chi connectivity index (χ0n) is 18.9. The van der Waals surface area contributed by atoms with Crippen LogP contribution in [0, 0.1) is 11.6 Å². The SMILES string of the molecule is [2H]/C=C/C(=O)N1CC[C@@H](n2nc(-c3ccc(Oc4cccc(F)c4)cc3F)c3c(N)ncnc32)C1. The van der Waals surface area contributed by atoms with Crippen LogP contribution in [0.3, 0.4) is 0 Å². The third-order valence-corrected chi connectivity index (χ3v) is 5.71. The first-order chi connectivity index (χ1) is 16.9. The maximum Gasteiger partial charge on any atom is 0.246 e. The van der Waals surface area contributed by atoms with Crippen molar-refractivity contribution in [3.63, 3.8) is 0 Å². The van der Waals surface area contributed by atoms with Crippen molar-refractivity contribution in [1.82, 2.24) is 24.6 Å². The van der Waals surface area contributed by atoms with E-state index in [9.17, 15) is 9.18 Å². The van der Waals surface area contributed by atoms with E-state index in [0.29, 0.717) is 30.5 Å². The molecule has 0 bridgehead atoms. The number of carbonyl (C=O) groups excluding carboxylic acids is 1. The molecule has 1 fully saturated rings. The molecule has 8 nitrogen and oxygen atoms in total. The first kappa shape index (κ1) is 20.3. The highest BCUT2D eigenvalue weighted by Crippen LogP contribution is 2.36. The number of nitrogen functional groups attached to an aromatic ring is 1. The third kappa shape index (κ3) is 3.83. The zero-order valence-corrected chi connectivity index (χ0v) is 17.9. The van der Waals surface area contributed by atoms with Gasteiger partial charge in [0.1, 0.15) is 41.0 Å². The van der Waals surface area contributed by atoms with Crippen molar-refractivity contribution in [2.24, 2.45) is 0 Å². The van der Waals surface area contributed by atoms with E-state index in [2.05, 4.69) is 15.1 Å². The number of carbonyl (C=O) groups is 1. The van der Waals surface area contributed by atoms with Gasteiger partial charge in [-0.25, -0.2) is 23.4 Å². The molecule has 10 heteroatoms. The van der Waals surface area contributed by atoms with Crippen LogP contribution in [0.15, 0.2) is 61.4 Å². The average molecular weight is 463 g/mol. The van der Waals surface area contributed by atoms with Gasteiger partial charge >= 0.3 is 0 Å². The van der Waals surface area contributed by atoms with Crippen LogP contribution in [0.5, 0.6) is 11.5 Å². The Kier molecular flexibility index (Phi) is 5.10. The Labute approximate surface area is 194 Å². The molecule has 2 aromatic heterocycles. The molecule has 0 spiro atoms. The number of benzene rings is 2. The minimum absolute atomic E-state index is 0.152. The van der Waals surface area contributed by atoms with E-state index < -0.39 is 11.6 Å². The predicted molar refractivity (Wildman–Crippen MR) is 122 cm³/mol. The normalized spacial score (nSPS) is 16.4. The van der Waals surface area contributed by atoms with Crippen LogP contribution in [0.2, 0.25) is 0 Å². The summed E-state index contributed by atoms with van der Waals surface area (Å²) in [5.41, 5.74) is 7.01. The van der Waals surface area contributed by atoms with Gasteiger partial charge in [0, 0.05) is 30.8 Å². The first-order valence-electron chi connectivity index (χ1n) is 11.1. The second kappa shape index (κ2) is 8.54.